The number of piperidine rings is 1. The van der Waals surface area contributed by atoms with Crippen LogP contribution in [0, 0.1) is 0 Å². The first kappa shape index (κ1) is 25.6. The topological polar surface area (TPSA) is 59.0 Å². The fourth-order valence-corrected chi connectivity index (χ4v) is 4.29. The van der Waals surface area contributed by atoms with Gasteiger partial charge in [-0.3, -0.25) is 4.99 Å². The molecule has 1 N–H and O–H groups in total. The third-order valence-electron chi connectivity index (χ3n) is 5.05. The molecule has 1 atom stereocenters. The minimum Gasteiger partial charge on any atom is -0.376 e. The molecule has 0 saturated carbocycles. The number of rotatable bonds is 7. The minimum absolute atomic E-state index is 0. The lowest BCUT2D eigenvalue weighted by Gasteiger charge is -2.34. The molecule has 30 heavy (non-hydrogen) atoms. The number of nitrogens with one attached hydrogen (secondary N) is 1. The van der Waals surface area contributed by atoms with Gasteiger partial charge in [0.2, 0.25) is 0 Å². The smallest absolute Gasteiger partial charge is 0.376 e. The SMILES string of the molecule is CCNC(=NCCc1nc(C(F)(F)F)cs1)N1CCC(OCC2CCCO2)CC1.I. The minimum atomic E-state index is -4.39. The molecule has 3 rings (SSSR count). The Hall–Kier alpha value is -0.660. The number of alkyl halides is 3. The Morgan fingerprint density at radius 2 is 2.13 bits per heavy atom. The number of ether oxygens (including phenoxy) is 2. The molecule has 11 heteroatoms. The van der Waals surface area contributed by atoms with Crippen LogP contribution in [-0.2, 0) is 22.1 Å². The largest absolute Gasteiger partial charge is 0.434 e. The Morgan fingerprint density at radius 1 is 1.37 bits per heavy atom. The molecule has 1 aromatic rings. The van der Waals surface area contributed by atoms with Crippen molar-refractivity contribution in [3.05, 3.63) is 16.1 Å². The van der Waals surface area contributed by atoms with Crippen LogP contribution in [0.5, 0.6) is 0 Å². The average Bonchev–Trinajstić information content (AvgIpc) is 3.38. The first-order valence-corrected chi connectivity index (χ1v) is 11.1. The van der Waals surface area contributed by atoms with Crippen LogP contribution in [-0.4, -0.2) is 67.4 Å². The quantitative estimate of drug-likeness (QED) is 0.310. The molecular formula is C19H30F3IN4O2S. The standard InChI is InChI=1S/C19H29F3N4O2S.HI/c1-2-23-18(24-8-5-17-25-16(13-29-17)19(20,21)22)26-9-6-14(7-10-26)28-12-15-4-3-11-27-15;/h13-15H,2-12H2,1H3,(H,23,24);1H. The maximum Gasteiger partial charge on any atom is 0.434 e. The molecule has 0 aromatic carbocycles. The Labute approximate surface area is 196 Å². The van der Waals surface area contributed by atoms with Gasteiger partial charge >= 0.3 is 6.18 Å². The van der Waals surface area contributed by atoms with Gasteiger partial charge in [-0.05, 0) is 32.6 Å². The van der Waals surface area contributed by atoms with Gasteiger partial charge in [0.1, 0.15) is 0 Å². The molecule has 2 aliphatic heterocycles. The lowest BCUT2D eigenvalue weighted by atomic mass is 10.1. The van der Waals surface area contributed by atoms with E-state index in [0.717, 1.165) is 74.6 Å². The first-order valence-electron chi connectivity index (χ1n) is 10.2. The van der Waals surface area contributed by atoms with Gasteiger partial charge in [0, 0.05) is 44.6 Å². The van der Waals surface area contributed by atoms with E-state index in [4.69, 9.17) is 9.47 Å². The maximum atomic E-state index is 12.7. The van der Waals surface area contributed by atoms with E-state index in [1.54, 1.807) is 0 Å². The number of aromatic nitrogens is 1. The van der Waals surface area contributed by atoms with Crippen molar-refractivity contribution in [3.63, 3.8) is 0 Å². The van der Waals surface area contributed by atoms with E-state index in [0.29, 0.717) is 24.6 Å². The summed E-state index contributed by atoms with van der Waals surface area (Å²) < 4.78 is 49.6. The molecule has 2 saturated heterocycles. The van der Waals surface area contributed by atoms with E-state index in [1.807, 2.05) is 6.92 Å². The van der Waals surface area contributed by atoms with Gasteiger partial charge in [-0.1, -0.05) is 0 Å². The zero-order chi connectivity index (χ0) is 20.7. The molecule has 0 aliphatic carbocycles. The summed E-state index contributed by atoms with van der Waals surface area (Å²) in [7, 11) is 0. The van der Waals surface area contributed by atoms with Crippen molar-refractivity contribution >= 4 is 41.3 Å². The van der Waals surface area contributed by atoms with Crippen molar-refractivity contribution in [3.8, 4) is 0 Å². The maximum absolute atomic E-state index is 12.7. The highest BCUT2D eigenvalue weighted by molar-refractivity contribution is 14.0. The fourth-order valence-electron chi connectivity index (χ4n) is 3.49. The van der Waals surface area contributed by atoms with E-state index in [-0.39, 0.29) is 36.2 Å². The lowest BCUT2D eigenvalue weighted by Crippen LogP contribution is -2.47. The van der Waals surface area contributed by atoms with Crippen LogP contribution < -0.4 is 5.32 Å². The van der Waals surface area contributed by atoms with Crippen LogP contribution in [0.25, 0.3) is 0 Å². The number of hydrogen-bond donors (Lipinski definition) is 1. The van der Waals surface area contributed by atoms with E-state index in [9.17, 15) is 13.2 Å². The van der Waals surface area contributed by atoms with Crippen LogP contribution in [0.4, 0.5) is 13.2 Å². The summed E-state index contributed by atoms with van der Waals surface area (Å²) in [4.78, 5) is 10.5. The van der Waals surface area contributed by atoms with Gasteiger partial charge in [0.15, 0.2) is 11.7 Å². The summed E-state index contributed by atoms with van der Waals surface area (Å²) in [5.74, 6) is 0.803. The zero-order valence-corrected chi connectivity index (χ0v) is 20.3. The van der Waals surface area contributed by atoms with Crippen LogP contribution in [0.2, 0.25) is 0 Å². The molecule has 0 amide bonds. The molecule has 0 radical (unpaired) electrons. The second-order valence-electron chi connectivity index (χ2n) is 7.26. The van der Waals surface area contributed by atoms with E-state index >= 15 is 0 Å². The summed E-state index contributed by atoms with van der Waals surface area (Å²) >= 11 is 1.03. The molecule has 1 aromatic heterocycles. The molecule has 172 valence electrons. The Balaban J connectivity index is 0.00000320. The highest BCUT2D eigenvalue weighted by Gasteiger charge is 2.33. The zero-order valence-electron chi connectivity index (χ0n) is 17.1. The highest BCUT2D eigenvalue weighted by Crippen LogP contribution is 2.30. The molecule has 2 fully saturated rings. The summed E-state index contributed by atoms with van der Waals surface area (Å²) in [6, 6.07) is 0. The number of thiazole rings is 1. The molecule has 6 nitrogen and oxygen atoms in total. The number of nitrogens with zero attached hydrogens (tertiary/aromatic N) is 3. The molecule has 2 aliphatic rings. The first-order chi connectivity index (χ1) is 14.0. The molecule has 3 heterocycles. The van der Waals surface area contributed by atoms with Crippen LogP contribution >= 0.6 is 35.3 Å². The number of guanidine groups is 1. The average molecular weight is 562 g/mol. The van der Waals surface area contributed by atoms with Gasteiger partial charge < -0.3 is 19.7 Å². The number of aliphatic imine (C=N–C) groups is 1. The summed E-state index contributed by atoms with van der Waals surface area (Å²) in [6.45, 7) is 6.35. The van der Waals surface area contributed by atoms with E-state index in [1.165, 1.54) is 0 Å². The summed E-state index contributed by atoms with van der Waals surface area (Å²) in [5, 5.41) is 4.80. The number of halogens is 4. The predicted octanol–water partition coefficient (Wildman–Crippen LogP) is 3.95. The van der Waals surface area contributed by atoms with Crippen LogP contribution in [0.1, 0.15) is 43.3 Å². The van der Waals surface area contributed by atoms with Gasteiger partial charge in [-0.15, -0.1) is 35.3 Å². The van der Waals surface area contributed by atoms with Crippen molar-refractivity contribution in [2.75, 3.05) is 39.4 Å². The van der Waals surface area contributed by atoms with Crippen LogP contribution in [0.3, 0.4) is 0 Å². The third-order valence-corrected chi connectivity index (χ3v) is 5.96. The Kier molecular flexibility index (Phi) is 10.6. The second-order valence-corrected chi connectivity index (χ2v) is 8.21. The Bertz CT molecular complexity index is 660. The number of likely N-dealkylation sites (tertiary alicyclic amines) is 1. The highest BCUT2D eigenvalue weighted by atomic mass is 127. The van der Waals surface area contributed by atoms with Gasteiger partial charge in [0.25, 0.3) is 0 Å². The second kappa shape index (κ2) is 12.4. The van der Waals surface area contributed by atoms with Crippen molar-refractivity contribution in [1.82, 2.24) is 15.2 Å². The molecule has 1 unspecified atom stereocenters. The monoisotopic (exact) mass is 562 g/mol. The normalized spacial score (nSPS) is 21.0. The summed E-state index contributed by atoms with van der Waals surface area (Å²) in [5.41, 5.74) is -0.821. The Morgan fingerprint density at radius 3 is 2.73 bits per heavy atom. The van der Waals surface area contributed by atoms with Crippen molar-refractivity contribution in [2.24, 2.45) is 4.99 Å². The predicted molar refractivity (Wildman–Crippen MR) is 122 cm³/mol. The molecule has 0 bridgehead atoms. The van der Waals surface area contributed by atoms with Gasteiger partial charge in [-0.2, -0.15) is 13.2 Å². The lowest BCUT2D eigenvalue weighted by molar-refractivity contribution is -0.140. The van der Waals surface area contributed by atoms with Gasteiger partial charge in [-0.25, -0.2) is 4.98 Å². The van der Waals surface area contributed by atoms with Gasteiger partial charge in [0.05, 0.1) is 23.8 Å². The molecule has 0 spiro atoms. The van der Waals surface area contributed by atoms with E-state index in [2.05, 4.69) is 20.2 Å². The summed E-state index contributed by atoms with van der Waals surface area (Å²) in [6.07, 6.45) is 0.564. The molecular weight excluding hydrogens is 532 g/mol. The van der Waals surface area contributed by atoms with Crippen molar-refractivity contribution in [1.29, 1.82) is 0 Å². The van der Waals surface area contributed by atoms with Crippen LogP contribution in [0.15, 0.2) is 10.4 Å². The number of hydrogen-bond acceptors (Lipinski definition) is 5. The van der Waals surface area contributed by atoms with Crippen molar-refractivity contribution in [2.45, 2.75) is 57.4 Å². The van der Waals surface area contributed by atoms with E-state index < -0.39 is 11.9 Å². The fraction of sp³-hybridized carbons (Fsp3) is 0.789. The van der Waals surface area contributed by atoms with Crippen molar-refractivity contribution < 1.29 is 22.6 Å². The third kappa shape index (κ3) is 7.79.